The maximum atomic E-state index is 12.2. The van der Waals surface area contributed by atoms with Crippen LogP contribution in [0.1, 0.15) is 12.2 Å². The van der Waals surface area contributed by atoms with Gasteiger partial charge in [0, 0.05) is 39.8 Å². The van der Waals surface area contributed by atoms with Crippen LogP contribution >= 0.6 is 0 Å². The first-order valence-corrected chi connectivity index (χ1v) is 8.36. The number of likely N-dealkylation sites (N-methyl/N-ethyl adjacent to an activating group) is 1. The Hall–Kier alpha value is -2.73. The quantitative estimate of drug-likeness (QED) is 0.750. The van der Waals surface area contributed by atoms with Crippen molar-refractivity contribution in [2.75, 3.05) is 51.2 Å². The average molecular weight is 342 g/mol. The van der Waals surface area contributed by atoms with Gasteiger partial charge in [0.2, 0.25) is 5.91 Å². The van der Waals surface area contributed by atoms with E-state index in [1.807, 2.05) is 19.1 Å². The van der Waals surface area contributed by atoms with Crippen LogP contribution in [0, 0.1) is 18.3 Å². The third-order valence-electron chi connectivity index (χ3n) is 4.44. The first-order chi connectivity index (χ1) is 12.1. The van der Waals surface area contributed by atoms with E-state index in [1.165, 1.54) is 0 Å². The second kappa shape index (κ2) is 7.44. The summed E-state index contributed by atoms with van der Waals surface area (Å²) in [4.78, 5) is 18.1. The number of nitrogens with zero attached hydrogens (tertiary/aromatic N) is 8. The molecule has 2 aromatic heterocycles. The minimum absolute atomic E-state index is 0.0587. The van der Waals surface area contributed by atoms with Gasteiger partial charge in [-0.1, -0.05) is 0 Å². The van der Waals surface area contributed by atoms with E-state index in [0.29, 0.717) is 19.5 Å². The van der Waals surface area contributed by atoms with Gasteiger partial charge in [0.1, 0.15) is 5.82 Å². The summed E-state index contributed by atoms with van der Waals surface area (Å²) < 4.78 is 1.75. The molecule has 0 atom stereocenters. The predicted octanol–water partition coefficient (Wildman–Crippen LogP) is -0.0732. The van der Waals surface area contributed by atoms with E-state index in [2.05, 4.69) is 31.2 Å². The molecule has 2 aromatic rings. The summed E-state index contributed by atoms with van der Waals surface area (Å²) in [5, 5.41) is 21.3. The van der Waals surface area contributed by atoms with Gasteiger partial charge in [0.05, 0.1) is 19.0 Å². The van der Waals surface area contributed by atoms with E-state index < -0.39 is 0 Å². The number of nitriles is 1. The van der Waals surface area contributed by atoms with Crippen LogP contribution < -0.4 is 4.90 Å². The van der Waals surface area contributed by atoms with Crippen molar-refractivity contribution >= 4 is 17.4 Å². The molecule has 9 heteroatoms. The highest BCUT2D eigenvalue weighted by Crippen LogP contribution is 2.14. The van der Waals surface area contributed by atoms with Gasteiger partial charge < -0.3 is 9.80 Å². The minimum atomic E-state index is 0.0587. The number of carbonyl (C=O) groups excluding carboxylic acids is 1. The summed E-state index contributed by atoms with van der Waals surface area (Å²) in [6, 6.07) is 5.94. The standard InChI is InChI=1S/C16H22N8O/c1-13-18-19-14-4-5-15(20-24(13)14)23-10-8-22(9-11-23)12-16(25)21(2)7-3-6-17/h4-5H,3,7-12H2,1-2H3. The molecule has 1 amide bonds. The third kappa shape index (κ3) is 3.85. The predicted molar refractivity (Wildman–Crippen MR) is 92.0 cm³/mol. The van der Waals surface area contributed by atoms with Crippen molar-refractivity contribution in [3.63, 3.8) is 0 Å². The lowest BCUT2D eigenvalue weighted by Gasteiger charge is -2.35. The molecule has 0 spiro atoms. The zero-order valence-corrected chi connectivity index (χ0v) is 14.6. The van der Waals surface area contributed by atoms with E-state index in [0.717, 1.165) is 43.5 Å². The molecule has 1 fully saturated rings. The fourth-order valence-corrected chi connectivity index (χ4v) is 2.84. The smallest absolute Gasteiger partial charge is 0.236 e. The zero-order chi connectivity index (χ0) is 17.8. The van der Waals surface area contributed by atoms with Crippen molar-refractivity contribution in [3.05, 3.63) is 18.0 Å². The molecular formula is C16H22N8O. The molecule has 0 radical (unpaired) electrons. The Bertz CT molecular complexity index is 787. The van der Waals surface area contributed by atoms with Crippen LogP contribution in [-0.4, -0.2) is 81.8 Å². The van der Waals surface area contributed by atoms with Crippen molar-refractivity contribution in [2.45, 2.75) is 13.3 Å². The Morgan fingerprint density at radius 3 is 2.76 bits per heavy atom. The van der Waals surface area contributed by atoms with Crippen LogP contribution in [0.2, 0.25) is 0 Å². The minimum Gasteiger partial charge on any atom is -0.353 e. The van der Waals surface area contributed by atoms with Crippen LogP contribution in [0.5, 0.6) is 0 Å². The van der Waals surface area contributed by atoms with E-state index >= 15 is 0 Å². The number of carbonyl (C=O) groups is 1. The average Bonchev–Trinajstić information content (AvgIpc) is 3.00. The second-order valence-corrected chi connectivity index (χ2v) is 6.20. The molecule has 3 heterocycles. The van der Waals surface area contributed by atoms with Gasteiger partial charge in [0.15, 0.2) is 11.5 Å². The number of hydrogen-bond acceptors (Lipinski definition) is 7. The van der Waals surface area contributed by atoms with E-state index in [1.54, 1.807) is 16.5 Å². The second-order valence-electron chi connectivity index (χ2n) is 6.20. The molecule has 0 aliphatic carbocycles. The molecule has 0 saturated carbocycles. The number of amides is 1. The van der Waals surface area contributed by atoms with E-state index in [-0.39, 0.29) is 5.91 Å². The number of piperazine rings is 1. The lowest BCUT2D eigenvalue weighted by Crippen LogP contribution is -2.50. The van der Waals surface area contributed by atoms with Crippen LogP contribution in [0.25, 0.3) is 5.65 Å². The topological polar surface area (TPSA) is 93.7 Å². The van der Waals surface area contributed by atoms with Crippen LogP contribution in [0.4, 0.5) is 5.82 Å². The van der Waals surface area contributed by atoms with Gasteiger partial charge in [-0.15, -0.1) is 15.3 Å². The summed E-state index contributed by atoms with van der Waals surface area (Å²) in [5.74, 6) is 1.72. The molecular weight excluding hydrogens is 320 g/mol. The molecule has 0 bridgehead atoms. The Labute approximate surface area is 146 Å². The Morgan fingerprint density at radius 1 is 1.28 bits per heavy atom. The van der Waals surface area contributed by atoms with Crippen molar-refractivity contribution in [2.24, 2.45) is 0 Å². The molecule has 0 aromatic carbocycles. The van der Waals surface area contributed by atoms with Crippen molar-refractivity contribution in [3.8, 4) is 6.07 Å². The highest BCUT2D eigenvalue weighted by Gasteiger charge is 2.21. The van der Waals surface area contributed by atoms with Gasteiger partial charge >= 0.3 is 0 Å². The van der Waals surface area contributed by atoms with Gasteiger partial charge in [0.25, 0.3) is 0 Å². The van der Waals surface area contributed by atoms with Gasteiger partial charge in [-0.2, -0.15) is 9.78 Å². The lowest BCUT2D eigenvalue weighted by atomic mass is 10.3. The molecule has 1 saturated heterocycles. The number of anilines is 1. The van der Waals surface area contributed by atoms with Crippen LogP contribution in [-0.2, 0) is 4.79 Å². The molecule has 1 aliphatic rings. The summed E-state index contributed by atoms with van der Waals surface area (Å²) in [6.45, 7) is 5.99. The van der Waals surface area contributed by atoms with Crippen molar-refractivity contribution < 1.29 is 4.79 Å². The number of aromatic nitrogens is 4. The van der Waals surface area contributed by atoms with Crippen LogP contribution in [0.15, 0.2) is 12.1 Å². The van der Waals surface area contributed by atoms with Gasteiger partial charge in [-0.05, 0) is 19.1 Å². The Balaban J connectivity index is 1.55. The maximum absolute atomic E-state index is 12.2. The normalized spacial score (nSPS) is 15.3. The first-order valence-electron chi connectivity index (χ1n) is 8.36. The number of hydrogen-bond donors (Lipinski definition) is 0. The first kappa shape index (κ1) is 17.1. The lowest BCUT2D eigenvalue weighted by molar-refractivity contribution is -0.131. The Morgan fingerprint density at radius 2 is 2.04 bits per heavy atom. The summed E-state index contributed by atoms with van der Waals surface area (Å²) in [5.41, 5.74) is 0.742. The SMILES string of the molecule is Cc1nnc2ccc(N3CCN(CC(=O)N(C)CCC#N)CC3)nn12. The van der Waals surface area contributed by atoms with E-state index in [4.69, 9.17) is 5.26 Å². The number of aryl methyl sites for hydroxylation is 1. The fourth-order valence-electron chi connectivity index (χ4n) is 2.84. The molecule has 0 N–H and O–H groups in total. The van der Waals surface area contributed by atoms with Crippen LogP contribution in [0.3, 0.4) is 0 Å². The van der Waals surface area contributed by atoms with Gasteiger partial charge in [-0.3, -0.25) is 9.69 Å². The Kier molecular flexibility index (Phi) is 5.09. The summed E-state index contributed by atoms with van der Waals surface area (Å²) >= 11 is 0. The van der Waals surface area contributed by atoms with Gasteiger partial charge in [-0.25, -0.2) is 0 Å². The molecule has 0 unspecified atom stereocenters. The highest BCUT2D eigenvalue weighted by atomic mass is 16.2. The largest absolute Gasteiger partial charge is 0.353 e. The zero-order valence-electron chi connectivity index (χ0n) is 14.6. The highest BCUT2D eigenvalue weighted by molar-refractivity contribution is 5.78. The molecule has 9 nitrogen and oxygen atoms in total. The molecule has 25 heavy (non-hydrogen) atoms. The maximum Gasteiger partial charge on any atom is 0.236 e. The third-order valence-corrected chi connectivity index (χ3v) is 4.44. The number of rotatable bonds is 5. The molecule has 1 aliphatic heterocycles. The number of fused-ring (bicyclic) bond motifs is 1. The molecule has 3 rings (SSSR count). The monoisotopic (exact) mass is 342 g/mol. The fraction of sp³-hybridized carbons (Fsp3) is 0.562. The van der Waals surface area contributed by atoms with Crippen molar-refractivity contribution in [1.82, 2.24) is 29.6 Å². The molecule has 132 valence electrons. The summed E-state index contributed by atoms with van der Waals surface area (Å²) in [7, 11) is 1.75. The summed E-state index contributed by atoms with van der Waals surface area (Å²) in [6.07, 6.45) is 0.368. The van der Waals surface area contributed by atoms with Crippen molar-refractivity contribution in [1.29, 1.82) is 5.26 Å². The van der Waals surface area contributed by atoms with E-state index in [9.17, 15) is 4.79 Å².